The zero-order valence-corrected chi connectivity index (χ0v) is 16.5. The molecule has 0 radical (unpaired) electrons. The van der Waals surface area contributed by atoms with Crippen LogP contribution in [-0.2, 0) is 0 Å². The van der Waals surface area contributed by atoms with Crippen molar-refractivity contribution in [1.29, 1.82) is 0 Å². The summed E-state index contributed by atoms with van der Waals surface area (Å²) >= 11 is 0. The van der Waals surface area contributed by atoms with Crippen LogP contribution in [0.4, 0.5) is 0 Å². The highest BCUT2D eigenvalue weighted by molar-refractivity contribution is 6.00. The van der Waals surface area contributed by atoms with Gasteiger partial charge < -0.3 is 20.4 Å². The Kier molecular flexibility index (Phi) is 8.87. The zero-order valence-electron chi connectivity index (χ0n) is 16.5. The molecule has 0 aromatic heterocycles. The van der Waals surface area contributed by atoms with Gasteiger partial charge in [-0.15, -0.1) is 0 Å². The SMILES string of the molecule is [N-]=[N+]=N[C@@H](C(O)C(=O)c1ccccc1)[C@@H](O)[C@H](O)[C@@H](N=[N+]=[N-])C(O)C(=O)c1ccccc1. The molecular formula is C20H20N6O6. The minimum atomic E-state index is -2.18. The van der Waals surface area contributed by atoms with Gasteiger partial charge in [0.2, 0.25) is 0 Å². The zero-order chi connectivity index (χ0) is 23.7. The molecule has 0 aliphatic carbocycles. The first-order valence-corrected chi connectivity index (χ1v) is 9.32. The topological polar surface area (TPSA) is 213 Å². The summed E-state index contributed by atoms with van der Waals surface area (Å²) in [6.07, 6.45) is -8.51. The Labute approximate surface area is 181 Å². The Bertz CT molecular complexity index is 940. The highest BCUT2D eigenvalue weighted by atomic mass is 16.3. The molecular weight excluding hydrogens is 420 g/mol. The monoisotopic (exact) mass is 440 g/mol. The molecule has 4 N–H and O–H groups in total. The Hall–Kier alpha value is -3.76. The fourth-order valence-corrected chi connectivity index (χ4v) is 3.02. The van der Waals surface area contributed by atoms with Gasteiger partial charge >= 0.3 is 0 Å². The van der Waals surface area contributed by atoms with Crippen molar-refractivity contribution in [2.75, 3.05) is 0 Å². The number of aliphatic hydroxyl groups excluding tert-OH is 4. The van der Waals surface area contributed by atoms with Crippen molar-refractivity contribution in [3.05, 3.63) is 92.7 Å². The van der Waals surface area contributed by atoms with Crippen molar-refractivity contribution in [3.8, 4) is 0 Å². The number of nitrogens with zero attached hydrogens (tertiary/aromatic N) is 6. The van der Waals surface area contributed by atoms with Gasteiger partial charge in [-0.2, -0.15) is 0 Å². The van der Waals surface area contributed by atoms with Crippen LogP contribution in [0.2, 0.25) is 0 Å². The summed E-state index contributed by atoms with van der Waals surface area (Å²) in [6, 6.07) is 11.0. The molecule has 0 saturated heterocycles. The Morgan fingerprint density at radius 3 is 1.25 bits per heavy atom. The number of benzene rings is 2. The molecule has 12 heteroatoms. The molecule has 2 aromatic rings. The summed E-state index contributed by atoms with van der Waals surface area (Å²) in [7, 11) is 0. The first kappa shape index (κ1) is 24.5. The molecule has 0 amide bonds. The largest absolute Gasteiger partial charge is 0.390 e. The quantitative estimate of drug-likeness (QED) is 0.176. The molecule has 0 aliphatic rings. The highest BCUT2D eigenvalue weighted by Crippen LogP contribution is 2.21. The van der Waals surface area contributed by atoms with Gasteiger partial charge in [0.05, 0.1) is 24.3 Å². The van der Waals surface area contributed by atoms with Crippen molar-refractivity contribution >= 4 is 11.6 Å². The second kappa shape index (κ2) is 11.6. The van der Waals surface area contributed by atoms with Gasteiger partial charge in [0.1, 0.15) is 12.2 Å². The van der Waals surface area contributed by atoms with Crippen molar-refractivity contribution in [2.24, 2.45) is 10.2 Å². The third kappa shape index (κ3) is 5.68. The average Bonchev–Trinajstić information content (AvgIpc) is 2.84. The molecule has 2 aromatic carbocycles. The Morgan fingerprint density at radius 1 is 0.656 bits per heavy atom. The van der Waals surface area contributed by atoms with Crippen LogP contribution in [0, 0.1) is 0 Å². The number of rotatable bonds is 11. The predicted molar refractivity (Wildman–Crippen MR) is 111 cm³/mol. The third-order valence-corrected chi connectivity index (χ3v) is 4.72. The van der Waals surface area contributed by atoms with E-state index in [0.29, 0.717) is 0 Å². The molecule has 0 aliphatic heterocycles. The molecule has 0 heterocycles. The summed E-state index contributed by atoms with van der Waals surface area (Å²) < 4.78 is 0. The normalized spacial score (nSPS) is 16.2. The number of ketones is 2. The maximum absolute atomic E-state index is 12.5. The first-order chi connectivity index (χ1) is 15.3. The second-order valence-electron chi connectivity index (χ2n) is 6.72. The van der Waals surface area contributed by atoms with E-state index in [0.717, 1.165) is 0 Å². The molecule has 6 atom stereocenters. The lowest BCUT2D eigenvalue weighted by Gasteiger charge is -2.31. The third-order valence-electron chi connectivity index (χ3n) is 4.72. The number of Topliss-reactive ketones (excluding diaryl/α,β-unsaturated/α-hetero) is 2. The summed E-state index contributed by atoms with van der Waals surface area (Å²) in [5, 5.41) is 48.3. The molecule has 166 valence electrons. The molecule has 0 saturated carbocycles. The minimum Gasteiger partial charge on any atom is -0.390 e. The van der Waals surface area contributed by atoms with Crippen LogP contribution in [0.5, 0.6) is 0 Å². The number of carbonyl (C=O) groups excluding carboxylic acids is 2. The van der Waals surface area contributed by atoms with E-state index in [-0.39, 0.29) is 11.1 Å². The van der Waals surface area contributed by atoms with Crippen molar-refractivity contribution < 1.29 is 30.0 Å². The van der Waals surface area contributed by atoms with Crippen LogP contribution >= 0.6 is 0 Å². The highest BCUT2D eigenvalue weighted by Gasteiger charge is 2.42. The number of hydrogen-bond donors (Lipinski definition) is 4. The van der Waals surface area contributed by atoms with E-state index >= 15 is 0 Å². The van der Waals surface area contributed by atoms with Crippen molar-refractivity contribution in [3.63, 3.8) is 0 Å². The van der Waals surface area contributed by atoms with Gasteiger partial charge in [-0.3, -0.25) is 9.59 Å². The van der Waals surface area contributed by atoms with E-state index in [4.69, 9.17) is 11.1 Å². The lowest BCUT2D eigenvalue weighted by Crippen LogP contribution is -2.53. The van der Waals surface area contributed by atoms with Crippen LogP contribution in [0.1, 0.15) is 20.7 Å². The minimum absolute atomic E-state index is 0.0470. The molecule has 0 fully saturated rings. The number of aliphatic hydroxyl groups is 4. The van der Waals surface area contributed by atoms with Crippen LogP contribution in [0.15, 0.2) is 70.9 Å². The van der Waals surface area contributed by atoms with Gasteiger partial charge in [0.25, 0.3) is 0 Å². The second-order valence-corrected chi connectivity index (χ2v) is 6.72. The van der Waals surface area contributed by atoms with Crippen LogP contribution < -0.4 is 0 Å². The summed E-state index contributed by atoms with van der Waals surface area (Å²) in [6.45, 7) is 0. The van der Waals surface area contributed by atoms with E-state index in [9.17, 15) is 30.0 Å². The fourth-order valence-electron chi connectivity index (χ4n) is 3.02. The van der Waals surface area contributed by atoms with E-state index in [1.54, 1.807) is 12.1 Å². The van der Waals surface area contributed by atoms with E-state index < -0.39 is 48.1 Å². The molecule has 2 unspecified atom stereocenters. The maximum atomic E-state index is 12.5. The van der Waals surface area contributed by atoms with Gasteiger partial charge in [-0.1, -0.05) is 70.9 Å². The van der Waals surface area contributed by atoms with Crippen LogP contribution in [-0.4, -0.2) is 68.5 Å². The summed E-state index contributed by atoms with van der Waals surface area (Å²) in [5.41, 5.74) is 17.7. The van der Waals surface area contributed by atoms with E-state index in [2.05, 4.69) is 20.1 Å². The predicted octanol–water partition coefficient (Wildman–Crippen LogP) is 1.55. The van der Waals surface area contributed by atoms with Crippen molar-refractivity contribution in [2.45, 2.75) is 36.5 Å². The molecule has 2 rings (SSSR count). The lowest BCUT2D eigenvalue weighted by molar-refractivity contribution is -0.0486. The summed E-state index contributed by atoms with van der Waals surface area (Å²) in [4.78, 5) is 30.0. The van der Waals surface area contributed by atoms with Gasteiger partial charge in [0, 0.05) is 21.0 Å². The number of hydrogen-bond acceptors (Lipinski definition) is 8. The number of carbonyl (C=O) groups is 2. The smallest absolute Gasteiger partial charge is 0.191 e. The first-order valence-electron chi connectivity index (χ1n) is 9.32. The maximum Gasteiger partial charge on any atom is 0.191 e. The Morgan fingerprint density at radius 2 is 0.969 bits per heavy atom. The van der Waals surface area contributed by atoms with Crippen molar-refractivity contribution in [1.82, 2.24) is 0 Å². The number of azide groups is 2. The lowest BCUT2D eigenvalue weighted by atomic mass is 9.89. The van der Waals surface area contributed by atoms with E-state index in [1.807, 2.05) is 0 Å². The van der Waals surface area contributed by atoms with E-state index in [1.165, 1.54) is 48.5 Å². The van der Waals surface area contributed by atoms with Gasteiger partial charge in [-0.05, 0) is 11.1 Å². The standard InChI is InChI=1S/C20H20N6O6/c21-25-23-13(17(29)15(27)11-7-3-1-4-8-11)19(31)20(32)14(24-26-22)18(30)16(28)12-9-5-2-6-10-12/h1-10,13-14,17-20,29-32H/t13-,14-,17?,18?,19+,20+/m0/s1. The molecule has 0 bridgehead atoms. The summed E-state index contributed by atoms with van der Waals surface area (Å²) in [5.74, 6) is -1.81. The fraction of sp³-hybridized carbons (Fsp3) is 0.300. The van der Waals surface area contributed by atoms with Crippen LogP contribution in [0.3, 0.4) is 0 Å². The van der Waals surface area contributed by atoms with Gasteiger partial charge in [0.15, 0.2) is 11.6 Å². The Balaban J connectivity index is 2.31. The van der Waals surface area contributed by atoms with Gasteiger partial charge in [-0.25, -0.2) is 0 Å². The average molecular weight is 440 g/mol. The molecule has 32 heavy (non-hydrogen) atoms. The molecule has 0 spiro atoms. The molecule has 12 nitrogen and oxygen atoms in total. The van der Waals surface area contributed by atoms with Crippen LogP contribution in [0.25, 0.3) is 20.9 Å².